The van der Waals surface area contributed by atoms with Crippen molar-refractivity contribution in [2.75, 3.05) is 32.6 Å². The lowest BCUT2D eigenvalue weighted by Crippen LogP contribution is -2.40. The van der Waals surface area contributed by atoms with Crippen LogP contribution in [0.15, 0.2) is 54.6 Å². The molecule has 2 amide bonds. The molecule has 6 heteroatoms. The molecule has 1 fully saturated rings. The number of amides is 2. The molecule has 0 spiro atoms. The Hall–Kier alpha value is -2.86. The lowest BCUT2D eigenvalue weighted by molar-refractivity contribution is -0.136. The maximum absolute atomic E-state index is 12.6. The number of rotatable bonds is 9. The minimum atomic E-state index is -0.654. The molecular weight excluding hydrogens is 390 g/mol. The van der Waals surface area contributed by atoms with Gasteiger partial charge in [0.25, 0.3) is 0 Å². The first-order valence-electron chi connectivity index (χ1n) is 11.1. The number of hydrogen-bond donors (Lipinski definition) is 2. The summed E-state index contributed by atoms with van der Waals surface area (Å²) in [5.74, 6) is -0.155. The maximum atomic E-state index is 12.6. The number of anilines is 1. The van der Waals surface area contributed by atoms with Gasteiger partial charge in [0.2, 0.25) is 0 Å². The molecule has 1 aliphatic rings. The van der Waals surface area contributed by atoms with Crippen LogP contribution in [-0.2, 0) is 9.59 Å². The van der Waals surface area contributed by atoms with Gasteiger partial charge in [0.1, 0.15) is 5.75 Å². The Morgan fingerprint density at radius 2 is 1.68 bits per heavy atom. The van der Waals surface area contributed by atoms with E-state index in [4.69, 9.17) is 4.74 Å². The van der Waals surface area contributed by atoms with Crippen LogP contribution < -0.4 is 15.4 Å². The van der Waals surface area contributed by atoms with Crippen molar-refractivity contribution in [3.8, 4) is 5.75 Å². The van der Waals surface area contributed by atoms with Crippen molar-refractivity contribution in [1.29, 1.82) is 0 Å². The standard InChI is InChI=1S/C25H33N3O3/c1-28(2)17-8-18-31-22-15-13-21(14-16-22)26-24(29)25(30)27-23(20-11-6-7-12-20)19-9-4-3-5-10-19/h3-5,9-10,13-16,20,23H,6-8,11-12,17-18H2,1-2H3,(H,26,29)(H,27,30). The molecule has 166 valence electrons. The van der Waals surface area contributed by atoms with Gasteiger partial charge in [-0.25, -0.2) is 0 Å². The summed E-state index contributed by atoms with van der Waals surface area (Å²) in [4.78, 5) is 27.2. The minimum absolute atomic E-state index is 0.139. The van der Waals surface area contributed by atoms with E-state index in [2.05, 4.69) is 15.5 Å². The second-order valence-corrected chi connectivity index (χ2v) is 8.39. The molecular formula is C25H33N3O3. The van der Waals surface area contributed by atoms with E-state index in [1.807, 2.05) is 44.4 Å². The van der Waals surface area contributed by atoms with E-state index in [9.17, 15) is 9.59 Å². The van der Waals surface area contributed by atoms with Crippen LogP contribution >= 0.6 is 0 Å². The number of hydrogen-bond acceptors (Lipinski definition) is 4. The van der Waals surface area contributed by atoms with Crippen molar-refractivity contribution in [3.05, 3.63) is 60.2 Å². The number of nitrogens with one attached hydrogen (secondary N) is 2. The zero-order valence-electron chi connectivity index (χ0n) is 18.5. The summed E-state index contributed by atoms with van der Waals surface area (Å²) >= 11 is 0. The van der Waals surface area contributed by atoms with Crippen LogP contribution in [0.5, 0.6) is 5.75 Å². The largest absolute Gasteiger partial charge is 0.494 e. The smallest absolute Gasteiger partial charge is 0.313 e. The fourth-order valence-electron chi connectivity index (χ4n) is 4.02. The van der Waals surface area contributed by atoms with Gasteiger partial charge in [0.15, 0.2) is 0 Å². The second kappa shape index (κ2) is 11.5. The van der Waals surface area contributed by atoms with Crippen molar-refractivity contribution in [1.82, 2.24) is 10.2 Å². The quantitative estimate of drug-likeness (QED) is 0.472. The average molecular weight is 424 g/mol. The van der Waals surface area contributed by atoms with E-state index in [-0.39, 0.29) is 6.04 Å². The summed E-state index contributed by atoms with van der Waals surface area (Å²) in [5.41, 5.74) is 1.62. The molecule has 0 aromatic heterocycles. The number of nitrogens with zero attached hydrogens (tertiary/aromatic N) is 1. The number of benzene rings is 2. The highest BCUT2D eigenvalue weighted by Gasteiger charge is 2.29. The molecule has 0 heterocycles. The fraction of sp³-hybridized carbons (Fsp3) is 0.440. The molecule has 1 saturated carbocycles. The van der Waals surface area contributed by atoms with E-state index >= 15 is 0 Å². The molecule has 1 atom stereocenters. The summed E-state index contributed by atoms with van der Waals surface area (Å²) < 4.78 is 5.70. The zero-order chi connectivity index (χ0) is 22.1. The number of carbonyl (C=O) groups excluding carboxylic acids is 2. The van der Waals surface area contributed by atoms with Gasteiger partial charge in [0.05, 0.1) is 12.6 Å². The minimum Gasteiger partial charge on any atom is -0.494 e. The van der Waals surface area contributed by atoms with Gasteiger partial charge in [-0.05, 0) is 69.1 Å². The Balaban J connectivity index is 1.53. The summed E-state index contributed by atoms with van der Waals surface area (Å²) in [7, 11) is 4.06. The molecule has 2 aromatic rings. The van der Waals surface area contributed by atoms with Crippen LogP contribution in [0.25, 0.3) is 0 Å². The Labute approximate surface area is 185 Å². The Morgan fingerprint density at radius 1 is 1.00 bits per heavy atom. The maximum Gasteiger partial charge on any atom is 0.313 e. The molecule has 31 heavy (non-hydrogen) atoms. The number of carbonyl (C=O) groups is 2. The first-order valence-corrected chi connectivity index (χ1v) is 11.1. The predicted octanol–water partition coefficient (Wildman–Crippen LogP) is 4.00. The van der Waals surface area contributed by atoms with Crippen LogP contribution in [0.3, 0.4) is 0 Å². The Bertz CT molecular complexity index is 831. The third-order valence-electron chi connectivity index (χ3n) is 5.65. The van der Waals surface area contributed by atoms with E-state index in [1.54, 1.807) is 24.3 Å². The van der Waals surface area contributed by atoms with Crippen LogP contribution in [0.1, 0.15) is 43.7 Å². The Kier molecular flexibility index (Phi) is 8.47. The highest BCUT2D eigenvalue weighted by molar-refractivity contribution is 6.39. The summed E-state index contributed by atoms with van der Waals surface area (Å²) in [5, 5.41) is 5.66. The third kappa shape index (κ3) is 7.10. The van der Waals surface area contributed by atoms with Gasteiger partial charge in [0, 0.05) is 12.2 Å². The van der Waals surface area contributed by atoms with Gasteiger partial charge in [-0.2, -0.15) is 0 Å². The van der Waals surface area contributed by atoms with Gasteiger partial charge in [-0.3, -0.25) is 9.59 Å². The third-order valence-corrected chi connectivity index (χ3v) is 5.65. The van der Waals surface area contributed by atoms with Crippen molar-refractivity contribution in [2.45, 2.75) is 38.1 Å². The van der Waals surface area contributed by atoms with E-state index in [0.717, 1.165) is 37.1 Å². The number of ether oxygens (including phenoxy) is 1. The Morgan fingerprint density at radius 3 is 2.32 bits per heavy atom. The molecule has 1 aliphatic carbocycles. The molecule has 1 unspecified atom stereocenters. The molecule has 0 bridgehead atoms. The molecule has 0 aliphatic heterocycles. The van der Waals surface area contributed by atoms with Crippen LogP contribution in [0.2, 0.25) is 0 Å². The SMILES string of the molecule is CN(C)CCCOc1ccc(NC(=O)C(=O)NC(c2ccccc2)C2CCCC2)cc1. The normalized spacial score (nSPS) is 14.9. The molecule has 6 nitrogen and oxygen atoms in total. The van der Waals surface area contributed by atoms with Crippen LogP contribution in [-0.4, -0.2) is 44.0 Å². The van der Waals surface area contributed by atoms with E-state index in [1.165, 1.54) is 12.8 Å². The highest BCUT2D eigenvalue weighted by atomic mass is 16.5. The fourth-order valence-corrected chi connectivity index (χ4v) is 4.02. The topological polar surface area (TPSA) is 70.7 Å². The first kappa shape index (κ1) is 22.8. The van der Waals surface area contributed by atoms with E-state index < -0.39 is 11.8 Å². The molecule has 2 N–H and O–H groups in total. The second-order valence-electron chi connectivity index (χ2n) is 8.39. The summed E-state index contributed by atoms with van der Waals surface area (Å²) in [6.45, 7) is 1.60. The van der Waals surface area contributed by atoms with Crippen molar-refractivity contribution >= 4 is 17.5 Å². The zero-order valence-corrected chi connectivity index (χ0v) is 18.5. The van der Waals surface area contributed by atoms with Crippen molar-refractivity contribution in [2.24, 2.45) is 5.92 Å². The van der Waals surface area contributed by atoms with Gasteiger partial charge in [-0.15, -0.1) is 0 Å². The highest BCUT2D eigenvalue weighted by Crippen LogP contribution is 2.35. The van der Waals surface area contributed by atoms with Crippen molar-refractivity contribution in [3.63, 3.8) is 0 Å². The summed E-state index contributed by atoms with van der Waals surface area (Å²) in [6.07, 6.45) is 5.41. The van der Waals surface area contributed by atoms with E-state index in [0.29, 0.717) is 18.2 Å². The van der Waals surface area contributed by atoms with Crippen molar-refractivity contribution < 1.29 is 14.3 Å². The van der Waals surface area contributed by atoms with Gasteiger partial charge >= 0.3 is 11.8 Å². The summed E-state index contributed by atoms with van der Waals surface area (Å²) in [6, 6.07) is 16.9. The monoisotopic (exact) mass is 423 g/mol. The van der Waals surface area contributed by atoms with Crippen LogP contribution in [0, 0.1) is 5.92 Å². The molecule has 2 aromatic carbocycles. The lowest BCUT2D eigenvalue weighted by atomic mass is 9.91. The van der Waals surface area contributed by atoms with Crippen LogP contribution in [0.4, 0.5) is 5.69 Å². The molecule has 0 saturated heterocycles. The average Bonchev–Trinajstić information content (AvgIpc) is 3.31. The lowest BCUT2D eigenvalue weighted by Gasteiger charge is -2.25. The molecule has 0 radical (unpaired) electrons. The first-order chi connectivity index (χ1) is 15.0. The van der Waals surface area contributed by atoms with Gasteiger partial charge in [-0.1, -0.05) is 43.2 Å². The van der Waals surface area contributed by atoms with Gasteiger partial charge < -0.3 is 20.3 Å². The predicted molar refractivity (Wildman–Crippen MR) is 123 cm³/mol. The molecule has 3 rings (SSSR count).